The van der Waals surface area contributed by atoms with Crippen LogP contribution in [-0.4, -0.2) is 10.8 Å². The van der Waals surface area contributed by atoms with Gasteiger partial charge in [-0.2, -0.15) is 0 Å². The summed E-state index contributed by atoms with van der Waals surface area (Å²) in [4.78, 5) is 16.3. The van der Waals surface area contributed by atoms with Crippen molar-refractivity contribution in [1.82, 2.24) is 4.98 Å². The Bertz CT molecular complexity index is 577. The van der Waals surface area contributed by atoms with Gasteiger partial charge in [-0.05, 0) is 18.6 Å². The molecule has 18 heavy (non-hydrogen) atoms. The first-order chi connectivity index (χ1) is 8.61. The third-order valence-corrected chi connectivity index (χ3v) is 3.64. The lowest BCUT2D eigenvalue weighted by Gasteiger charge is -2.05. The fourth-order valence-corrected chi connectivity index (χ4v) is 2.48. The molecular formula is C13H15N3OS. The Kier molecular flexibility index (Phi) is 3.62. The van der Waals surface area contributed by atoms with E-state index in [4.69, 9.17) is 5.73 Å². The zero-order chi connectivity index (χ0) is 13.1. The van der Waals surface area contributed by atoms with Gasteiger partial charge in [0.2, 0.25) is 0 Å². The summed E-state index contributed by atoms with van der Waals surface area (Å²) in [6.45, 7) is 3.83. The van der Waals surface area contributed by atoms with Gasteiger partial charge in [-0.3, -0.25) is 4.79 Å². The van der Waals surface area contributed by atoms with Crippen molar-refractivity contribution in [1.29, 1.82) is 0 Å². The van der Waals surface area contributed by atoms with E-state index < -0.39 is 0 Å². The highest BCUT2D eigenvalue weighted by molar-refractivity contribution is 7.18. The average molecular weight is 261 g/mol. The molecule has 0 aliphatic carbocycles. The van der Waals surface area contributed by atoms with E-state index in [2.05, 4.69) is 10.3 Å². The third-order valence-electron chi connectivity index (χ3n) is 2.61. The van der Waals surface area contributed by atoms with Crippen molar-refractivity contribution in [3.63, 3.8) is 0 Å². The van der Waals surface area contributed by atoms with Crippen molar-refractivity contribution < 1.29 is 4.79 Å². The summed E-state index contributed by atoms with van der Waals surface area (Å²) < 4.78 is 0. The molecule has 5 heteroatoms. The monoisotopic (exact) mass is 261 g/mol. The zero-order valence-corrected chi connectivity index (χ0v) is 11.2. The topological polar surface area (TPSA) is 68.0 Å². The lowest BCUT2D eigenvalue weighted by molar-refractivity contribution is 0.0992. The number of nitrogens with zero attached hydrogens (tertiary/aromatic N) is 1. The SMILES string of the molecule is CCC(=O)c1sc(Nc2ccccc2C)nc1N. The number of Topliss-reactive ketones (excluding diaryl/α,β-unsaturated/α-hetero) is 1. The predicted octanol–water partition coefficient (Wildman–Crippen LogP) is 3.37. The molecule has 2 aromatic rings. The number of benzene rings is 1. The predicted molar refractivity (Wildman–Crippen MR) is 75.6 cm³/mol. The maximum atomic E-state index is 11.6. The first-order valence-electron chi connectivity index (χ1n) is 5.74. The van der Waals surface area contributed by atoms with E-state index in [9.17, 15) is 4.79 Å². The van der Waals surface area contributed by atoms with Gasteiger partial charge in [-0.1, -0.05) is 36.5 Å². The molecule has 0 atom stereocenters. The number of hydrogen-bond acceptors (Lipinski definition) is 5. The van der Waals surface area contributed by atoms with E-state index in [1.807, 2.05) is 38.1 Å². The molecule has 0 aliphatic heterocycles. The van der Waals surface area contributed by atoms with Gasteiger partial charge in [0.1, 0.15) is 10.7 Å². The first-order valence-corrected chi connectivity index (χ1v) is 6.55. The lowest BCUT2D eigenvalue weighted by atomic mass is 10.2. The summed E-state index contributed by atoms with van der Waals surface area (Å²) in [6, 6.07) is 7.90. The van der Waals surface area contributed by atoms with Crippen LogP contribution < -0.4 is 11.1 Å². The highest BCUT2D eigenvalue weighted by Gasteiger charge is 2.14. The van der Waals surface area contributed by atoms with Gasteiger partial charge < -0.3 is 11.1 Å². The molecule has 0 unspecified atom stereocenters. The molecule has 0 bridgehead atoms. The summed E-state index contributed by atoms with van der Waals surface area (Å²) in [5.41, 5.74) is 7.84. The second-order valence-corrected chi connectivity index (χ2v) is 4.95. The van der Waals surface area contributed by atoms with E-state index in [1.165, 1.54) is 11.3 Å². The molecule has 94 valence electrons. The van der Waals surface area contributed by atoms with Crippen LogP contribution in [0.3, 0.4) is 0 Å². The number of rotatable bonds is 4. The molecule has 4 nitrogen and oxygen atoms in total. The number of anilines is 3. The molecule has 0 saturated heterocycles. The standard InChI is InChI=1S/C13H15N3OS/c1-3-10(17)11-12(14)16-13(18-11)15-9-7-5-4-6-8(9)2/h4-7H,3,14H2,1-2H3,(H,15,16). The largest absolute Gasteiger partial charge is 0.382 e. The number of ketones is 1. The Morgan fingerprint density at radius 3 is 2.83 bits per heavy atom. The number of carbonyl (C=O) groups excluding carboxylic acids is 1. The Labute approximate surface area is 110 Å². The van der Waals surface area contributed by atoms with Gasteiger partial charge in [-0.15, -0.1) is 0 Å². The number of aryl methyl sites for hydroxylation is 1. The fraction of sp³-hybridized carbons (Fsp3) is 0.231. The van der Waals surface area contributed by atoms with E-state index in [0.717, 1.165) is 11.3 Å². The van der Waals surface area contributed by atoms with Crippen LogP contribution >= 0.6 is 11.3 Å². The van der Waals surface area contributed by atoms with E-state index in [-0.39, 0.29) is 5.78 Å². The molecule has 0 saturated carbocycles. The van der Waals surface area contributed by atoms with Gasteiger partial charge in [0.15, 0.2) is 10.9 Å². The van der Waals surface area contributed by atoms with Crippen molar-refractivity contribution in [3.05, 3.63) is 34.7 Å². The summed E-state index contributed by atoms with van der Waals surface area (Å²) in [6.07, 6.45) is 0.441. The summed E-state index contributed by atoms with van der Waals surface area (Å²) in [5.74, 6) is 0.339. The number of nitrogens with one attached hydrogen (secondary N) is 1. The summed E-state index contributed by atoms with van der Waals surface area (Å²) >= 11 is 1.30. The third kappa shape index (κ3) is 2.51. The van der Waals surface area contributed by atoms with E-state index >= 15 is 0 Å². The highest BCUT2D eigenvalue weighted by atomic mass is 32.1. The zero-order valence-electron chi connectivity index (χ0n) is 10.4. The second kappa shape index (κ2) is 5.18. The molecule has 1 heterocycles. The van der Waals surface area contributed by atoms with Crippen LogP contribution in [0, 0.1) is 6.92 Å². The number of carbonyl (C=O) groups is 1. The normalized spacial score (nSPS) is 10.3. The molecular weight excluding hydrogens is 246 g/mol. The Balaban J connectivity index is 2.26. The minimum Gasteiger partial charge on any atom is -0.382 e. The molecule has 1 aromatic heterocycles. The Hall–Kier alpha value is -1.88. The highest BCUT2D eigenvalue weighted by Crippen LogP contribution is 2.29. The van der Waals surface area contributed by atoms with Crippen molar-refractivity contribution >= 4 is 33.8 Å². The number of nitrogen functional groups attached to an aromatic ring is 1. The van der Waals surface area contributed by atoms with Crippen LogP contribution in [0.15, 0.2) is 24.3 Å². The average Bonchev–Trinajstić information content (AvgIpc) is 2.72. The summed E-state index contributed by atoms with van der Waals surface area (Å²) in [5, 5.41) is 3.84. The van der Waals surface area contributed by atoms with Gasteiger partial charge in [0, 0.05) is 12.1 Å². The molecule has 3 N–H and O–H groups in total. The number of hydrogen-bond donors (Lipinski definition) is 2. The van der Waals surface area contributed by atoms with Gasteiger partial charge in [0.25, 0.3) is 0 Å². The van der Waals surface area contributed by atoms with Crippen LogP contribution in [-0.2, 0) is 0 Å². The van der Waals surface area contributed by atoms with Crippen LogP contribution in [0.4, 0.5) is 16.6 Å². The minimum absolute atomic E-state index is 0.0304. The Morgan fingerprint density at radius 2 is 2.17 bits per heavy atom. The quantitative estimate of drug-likeness (QED) is 0.828. The summed E-state index contributed by atoms with van der Waals surface area (Å²) in [7, 11) is 0. The maximum absolute atomic E-state index is 11.6. The maximum Gasteiger partial charge on any atom is 0.189 e. The van der Waals surface area contributed by atoms with Crippen molar-refractivity contribution in [2.75, 3.05) is 11.1 Å². The molecule has 0 aliphatic rings. The number of nitrogens with two attached hydrogens (primary N) is 1. The van der Waals surface area contributed by atoms with Crippen molar-refractivity contribution in [2.45, 2.75) is 20.3 Å². The molecule has 0 amide bonds. The Morgan fingerprint density at radius 1 is 1.44 bits per heavy atom. The van der Waals surface area contributed by atoms with Gasteiger partial charge >= 0.3 is 0 Å². The molecule has 1 aromatic carbocycles. The van der Waals surface area contributed by atoms with E-state index in [0.29, 0.717) is 22.2 Å². The second-order valence-electron chi connectivity index (χ2n) is 3.95. The van der Waals surface area contributed by atoms with E-state index in [1.54, 1.807) is 0 Å². The lowest BCUT2D eigenvalue weighted by Crippen LogP contribution is -1.98. The van der Waals surface area contributed by atoms with Crippen LogP contribution in [0.2, 0.25) is 0 Å². The molecule has 0 radical (unpaired) electrons. The number of aromatic nitrogens is 1. The molecule has 2 rings (SSSR count). The van der Waals surface area contributed by atoms with Gasteiger partial charge in [-0.25, -0.2) is 4.98 Å². The smallest absolute Gasteiger partial charge is 0.189 e. The van der Waals surface area contributed by atoms with Crippen LogP contribution in [0.25, 0.3) is 0 Å². The van der Waals surface area contributed by atoms with Gasteiger partial charge in [0.05, 0.1) is 0 Å². The first kappa shape index (κ1) is 12.6. The molecule has 0 fully saturated rings. The van der Waals surface area contributed by atoms with Crippen molar-refractivity contribution in [3.8, 4) is 0 Å². The molecule has 0 spiro atoms. The number of para-hydroxylation sites is 1. The van der Waals surface area contributed by atoms with Crippen LogP contribution in [0.1, 0.15) is 28.6 Å². The fourth-order valence-electron chi connectivity index (χ4n) is 1.57. The van der Waals surface area contributed by atoms with Crippen molar-refractivity contribution in [2.24, 2.45) is 0 Å². The number of thiazole rings is 1. The minimum atomic E-state index is 0.0304. The van der Waals surface area contributed by atoms with Crippen LogP contribution in [0.5, 0.6) is 0 Å².